The summed E-state index contributed by atoms with van der Waals surface area (Å²) in [6.45, 7) is 5.56. The van der Waals surface area contributed by atoms with Crippen molar-refractivity contribution in [3.8, 4) is 11.5 Å². The van der Waals surface area contributed by atoms with Gasteiger partial charge < -0.3 is 19.7 Å². The van der Waals surface area contributed by atoms with E-state index in [0.717, 1.165) is 12.1 Å². The second kappa shape index (κ2) is 10.7. The molecule has 1 atom stereocenters. The average molecular weight is 462 g/mol. The smallest absolute Gasteiger partial charge is 0.241 e. The molecule has 32 heavy (non-hydrogen) atoms. The van der Waals surface area contributed by atoms with Crippen LogP contribution in [0.25, 0.3) is 0 Å². The molecule has 2 aromatic carbocycles. The van der Waals surface area contributed by atoms with Crippen LogP contribution in [-0.4, -0.2) is 53.7 Å². The summed E-state index contributed by atoms with van der Waals surface area (Å²) >= 11 is 0. The molecule has 2 aromatic rings. The number of carbonyl (C=O) groups excluding carboxylic acids is 1. The number of carbonyl (C=O) groups is 1. The Morgan fingerprint density at radius 3 is 2.44 bits per heavy atom. The minimum absolute atomic E-state index is 0.0315. The number of hydrogen-bond donors (Lipinski definition) is 2. The summed E-state index contributed by atoms with van der Waals surface area (Å²) in [4.78, 5) is 14.8. The lowest BCUT2D eigenvalue weighted by atomic mass is 10.1. The van der Waals surface area contributed by atoms with Crippen molar-refractivity contribution < 1.29 is 22.7 Å². The van der Waals surface area contributed by atoms with E-state index in [1.807, 2.05) is 42.3 Å². The van der Waals surface area contributed by atoms with Crippen LogP contribution in [0, 0.1) is 5.92 Å². The van der Waals surface area contributed by atoms with Gasteiger partial charge in [0.15, 0.2) is 11.5 Å². The van der Waals surface area contributed by atoms with Crippen molar-refractivity contribution in [2.75, 3.05) is 38.3 Å². The summed E-state index contributed by atoms with van der Waals surface area (Å²) in [6.07, 6.45) is 0.726. The van der Waals surface area contributed by atoms with Crippen molar-refractivity contribution in [2.45, 2.75) is 31.2 Å². The van der Waals surface area contributed by atoms with Gasteiger partial charge >= 0.3 is 0 Å². The van der Waals surface area contributed by atoms with Crippen molar-refractivity contribution in [1.82, 2.24) is 10.0 Å². The number of hydrogen-bond acceptors (Lipinski definition) is 6. The van der Waals surface area contributed by atoms with Crippen LogP contribution in [0.1, 0.15) is 20.3 Å². The standard InChI is InChI=1S/C23H31N3O5S/c1-17(2)22(23(27)24-12-13-26(3)18-8-5-4-6-9-18)25-32(28,29)19-10-11-20-21(16-19)31-15-7-14-30-20/h4-6,8-11,16-17,22,25H,7,12-15H2,1-3H3,(H,24,27). The molecule has 0 fully saturated rings. The summed E-state index contributed by atoms with van der Waals surface area (Å²) in [7, 11) is -2.00. The van der Waals surface area contributed by atoms with Gasteiger partial charge in [0, 0.05) is 38.3 Å². The molecule has 1 heterocycles. The first-order valence-electron chi connectivity index (χ1n) is 10.7. The summed E-state index contributed by atoms with van der Waals surface area (Å²) in [5.74, 6) is 0.304. The van der Waals surface area contributed by atoms with Crippen LogP contribution < -0.4 is 24.4 Å². The van der Waals surface area contributed by atoms with E-state index in [4.69, 9.17) is 9.47 Å². The van der Waals surface area contributed by atoms with Crippen LogP contribution in [0.3, 0.4) is 0 Å². The molecule has 2 N–H and O–H groups in total. The van der Waals surface area contributed by atoms with E-state index in [9.17, 15) is 13.2 Å². The van der Waals surface area contributed by atoms with Gasteiger partial charge in [0.1, 0.15) is 6.04 Å². The second-order valence-corrected chi connectivity index (χ2v) is 9.76. The van der Waals surface area contributed by atoms with Crippen LogP contribution in [-0.2, 0) is 14.8 Å². The first kappa shape index (κ1) is 23.9. The van der Waals surface area contributed by atoms with E-state index in [2.05, 4.69) is 10.0 Å². The molecule has 1 unspecified atom stereocenters. The zero-order valence-corrected chi connectivity index (χ0v) is 19.5. The highest BCUT2D eigenvalue weighted by molar-refractivity contribution is 7.89. The number of rotatable bonds is 9. The molecule has 8 nitrogen and oxygen atoms in total. The number of fused-ring (bicyclic) bond motifs is 1. The number of nitrogens with zero attached hydrogens (tertiary/aromatic N) is 1. The SMILES string of the molecule is CC(C)C(NS(=O)(=O)c1ccc2c(c1)OCCCO2)C(=O)NCCN(C)c1ccccc1. The number of likely N-dealkylation sites (N-methyl/N-ethyl adjacent to an activating group) is 1. The number of amides is 1. The molecule has 1 aliphatic rings. The van der Waals surface area contributed by atoms with Gasteiger partial charge in [-0.25, -0.2) is 8.42 Å². The van der Waals surface area contributed by atoms with Crippen LogP contribution in [0.2, 0.25) is 0 Å². The van der Waals surface area contributed by atoms with E-state index in [0.29, 0.717) is 37.8 Å². The van der Waals surface area contributed by atoms with Gasteiger partial charge in [0.25, 0.3) is 0 Å². The first-order valence-corrected chi connectivity index (χ1v) is 12.2. The molecule has 174 valence electrons. The predicted molar refractivity (Wildman–Crippen MR) is 124 cm³/mol. The molecule has 3 rings (SSSR count). The third kappa shape index (κ3) is 6.14. The van der Waals surface area contributed by atoms with E-state index < -0.39 is 16.1 Å². The molecule has 0 saturated heterocycles. The van der Waals surface area contributed by atoms with Gasteiger partial charge in [-0.2, -0.15) is 4.72 Å². The number of nitrogens with one attached hydrogen (secondary N) is 2. The predicted octanol–water partition coefficient (Wildman–Crippen LogP) is 2.40. The van der Waals surface area contributed by atoms with Gasteiger partial charge in [-0.15, -0.1) is 0 Å². The maximum absolute atomic E-state index is 13.0. The first-order chi connectivity index (χ1) is 15.3. The van der Waals surface area contributed by atoms with Gasteiger partial charge in [0.05, 0.1) is 18.1 Å². The largest absolute Gasteiger partial charge is 0.490 e. The molecule has 0 radical (unpaired) electrons. The monoisotopic (exact) mass is 461 g/mol. The van der Waals surface area contributed by atoms with Crippen molar-refractivity contribution in [3.05, 3.63) is 48.5 Å². The maximum Gasteiger partial charge on any atom is 0.241 e. The molecule has 0 aliphatic carbocycles. The van der Waals surface area contributed by atoms with Crippen LogP contribution >= 0.6 is 0 Å². The number of benzene rings is 2. The molecule has 9 heteroatoms. The van der Waals surface area contributed by atoms with Gasteiger partial charge in [-0.1, -0.05) is 32.0 Å². The zero-order chi connectivity index (χ0) is 23.1. The normalized spacial score (nSPS) is 14.5. The van der Waals surface area contributed by atoms with Crippen molar-refractivity contribution in [3.63, 3.8) is 0 Å². The third-order valence-electron chi connectivity index (χ3n) is 5.20. The quantitative estimate of drug-likeness (QED) is 0.595. The fourth-order valence-corrected chi connectivity index (χ4v) is 4.67. The Morgan fingerprint density at radius 2 is 1.75 bits per heavy atom. The lowest BCUT2D eigenvalue weighted by molar-refractivity contribution is -0.123. The second-order valence-electron chi connectivity index (χ2n) is 8.05. The Bertz CT molecular complexity index is 1010. The molecule has 0 spiro atoms. The average Bonchev–Trinajstić information content (AvgIpc) is 3.02. The molecule has 0 bridgehead atoms. The van der Waals surface area contributed by atoms with E-state index >= 15 is 0 Å². The van der Waals surface area contributed by atoms with Crippen molar-refractivity contribution in [1.29, 1.82) is 0 Å². The topological polar surface area (TPSA) is 97.0 Å². The zero-order valence-electron chi connectivity index (χ0n) is 18.7. The van der Waals surface area contributed by atoms with Crippen molar-refractivity contribution in [2.24, 2.45) is 5.92 Å². The Balaban J connectivity index is 1.63. The van der Waals surface area contributed by atoms with Crippen molar-refractivity contribution >= 4 is 21.6 Å². The summed E-state index contributed by atoms with van der Waals surface area (Å²) in [5.41, 5.74) is 1.04. The molecule has 0 saturated carbocycles. The highest BCUT2D eigenvalue weighted by Crippen LogP contribution is 2.32. The van der Waals surface area contributed by atoms with Crippen LogP contribution in [0.15, 0.2) is 53.4 Å². The Kier molecular flexibility index (Phi) is 7.98. The van der Waals surface area contributed by atoms with E-state index in [-0.39, 0.29) is 16.7 Å². The maximum atomic E-state index is 13.0. The lowest BCUT2D eigenvalue weighted by Crippen LogP contribution is -2.50. The number of para-hydroxylation sites is 1. The third-order valence-corrected chi connectivity index (χ3v) is 6.64. The number of anilines is 1. The summed E-state index contributed by atoms with van der Waals surface area (Å²) in [6, 6.07) is 13.4. The molecule has 0 aromatic heterocycles. The summed E-state index contributed by atoms with van der Waals surface area (Å²) in [5, 5.41) is 2.84. The fourth-order valence-electron chi connectivity index (χ4n) is 3.31. The van der Waals surface area contributed by atoms with E-state index in [1.165, 1.54) is 12.1 Å². The minimum Gasteiger partial charge on any atom is -0.490 e. The highest BCUT2D eigenvalue weighted by atomic mass is 32.2. The van der Waals surface area contributed by atoms with Crippen LogP contribution in [0.4, 0.5) is 5.69 Å². The highest BCUT2D eigenvalue weighted by Gasteiger charge is 2.29. The Labute approximate surface area is 190 Å². The van der Waals surface area contributed by atoms with Gasteiger partial charge in [-0.05, 0) is 30.2 Å². The molecular formula is C23H31N3O5S. The molecular weight excluding hydrogens is 430 g/mol. The van der Waals surface area contributed by atoms with Crippen LogP contribution in [0.5, 0.6) is 11.5 Å². The molecule has 1 aliphatic heterocycles. The summed E-state index contributed by atoms with van der Waals surface area (Å²) < 4.78 is 39.7. The number of sulfonamides is 1. The van der Waals surface area contributed by atoms with E-state index in [1.54, 1.807) is 19.9 Å². The Hall–Kier alpha value is -2.78. The Morgan fingerprint density at radius 1 is 1.06 bits per heavy atom. The van der Waals surface area contributed by atoms with Gasteiger partial charge in [0.2, 0.25) is 15.9 Å². The number of ether oxygens (including phenoxy) is 2. The lowest BCUT2D eigenvalue weighted by Gasteiger charge is -2.23. The minimum atomic E-state index is -3.94. The fraction of sp³-hybridized carbons (Fsp3) is 0.435. The molecule has 1 amide bonds. The van der Waals surface area contributed by atoms with Gasteiger partial charge in [-0.3, -0.25) is 4.79 Å².